The van der Waals surface area contributed by atoms with E-state index in [2.05, 4.69) is 36.9 Å². The van der Waals surface area contributed by atoms with Gasteiger partial charge in [-0.1, -0.05) is 34.1 Å². The summed E-state index contributed by atoms with van der Waals surface area (Å²) in [6.45, 7) is 2.82. The predicted molar refractivity (Wildman–Crippen MR) is 107 cm³/mol. The fourth-order valence-corrected chi connectivity index (χ4v) is 2.65. The maximum Gasteiger partial charge on any atom is 0.226 e. The van der Waals surface area contributed by atoms with Crippen LogP contribution in [0, 0.1) is 12.7 Å². The number of amides is 1. The number of hydrogen-bond donors (Lipinski definition) is 3. The van der Waals surface area contributed by atoms with Crippen LogP contribution in [0.25, 0.3) is 0 Å². The number of halogens is 2. The van der Waals surface area contributed by atoms with Gasteiger partial charge >= 0.3 is 0 Å². The van der Waals surface area contributed by atoms with Crippen LogP contribution in [0.3, 0.4) is 0 Å². The molecule has 0 radical (unpaired) electrons. The molecule has 26 heavy (non-hydrogen) atoms. The Hall–Kier alpha value is -2.41. The Morgan fingerprint density at radius 2 is 2.00 bits per heavy atom. The van der Waals surface area contributed by atoms with Gasteiger partial charge in [0, 0.05) is 36.7 Å². The molecule has 0 fully saturated rings. The first-order valence-electron chi connectivity index (χ1n) is 8.23. The lowest BCUT2D eigenvalue weighted by molar-refractivity contribution is -0.116. The molecule has 0 aliphatic rings. The zero-order valence-corrected chi connectivity index (χ0v) is 16.4. The number of benzene rings is 2. The van der Waals surface area contributed by atoms with Crippen LogP contribution in [0.15, 0.2) is 51.9 Å². The summed E-state index contributed by atoms with van der Waals surface area (Å²) in [4.78, 5) is 16.2. The highest BCUT2D eigenvalue weighted by Crippen LogP contribution is 2.20. The summed E-state index contributed by atoms with van der Waals surface area (Å²) in [5.74, 6) is 0.201. The third-order valence-electron chi connectivity index (χ3n) is 3.69. The number of carbonyl (C=O) groups excluding carboxylic acids is 1. The molecule has 3 N–H and O–H groups in total. The Labute approximate surface area is 161 Å². The smallest absolute Gasteiger partial charge is 0.226 e. The van der Waals surface area contributed by atoms with E-state index in [-0.39, 0.29) is 11.7 Å². The van der Waals surface area contributed by atoms with Crippen molar-refractivity contribution in [2.75, 3.05) is 18.9 Å². The van der Waals surface area contributed by atoms with Crippen LogP contribution in [-0.4, -0.2) is 25.5 Å². The van der Waals surface area contributed by atoms with Crippen LogP contribution in [0.5, 0.6) is 0 Å². The Balaban J connectivity index is 1.76. The Bertz CT molecular complexity index is 795. The molecule has 0 aromatic heterocycles. The normalized spacial score (nSPS) is 11.2. The van der Waals surface area contributed by atoms with Gasteiger partial charge in [-0.25, -0.2) is 4.39 Å². The maximum atomic E-state index is 13.2. The minimum Gasteiger partial charge on any atom is -0.356 e. The molecular formula is C19H22BrFN4O. The van der Waals surface area contributed by atoms with Crippen molar-refractivity contribution in [1.29, 1.82) is 0 Å². The van der Waals surface area contributed by atoms with E-state index in [0.717, 1.165) is 21.3 Å². The van der Waals surface area contributed by atoms with Crippen LogP contribution in [0.1, 0.15) is 17.5 Å². The first kappa shape index (κ1) is 19.9. The first-order valence-corrected chi connectivity index (χ1v) is 9.02. The number of nitrogens with zero attached hydrogens (tertiary/aromatic N) is 1. The lowest BCUT2D eigenvalue weighted by Crippen LogP contribution is -2.38. The second-order valence-corrected chi connectivity index (χ2v) is 6.66. The van der Waals surface area contributed by atoms with E-state index in [1.807, 2.05) is 31.2 Å². The highest BCUT2D eigenvalue weighted by molar-refractivity contribution is 9.10. The number of carbonyl (C=O) groups is 1. The summed E-state index contributed by atoms with van der Waals surface area (Å²) in [6.07, 6.45) is 0.298. The molecule has 0 saturated carbocycles. The summed E-state index contributed by atoms with van der Waals surface area (Å²) in [6, 6.07) is 12.1. The van der Waals surface area contributed by atoms with Gasteiger partial charge in [0.25, 0.3) is 0 Å². The fraction of sp³-hybridized carbons (Fsp3) is 0.263. The Kier molecular flexibility index (Phi) is 7.59. The van der Waals surface area contributed by atoms with E-state index in [0.29, 0.717) is 25.5 Å². The molecule has 0 bridgehead atoms. The van der Waals surface area contributed by atoms with Gasteiger partial charge in [0.1, 0.15) is 5.82 Å². The summed E-state index contributed by atoms with van der Waals surface area (Å²) in [7, 11) is 1.64. The van der Waals surface area contributed by atoms with Crippen molar-refractivity contribution in [3.05, 3.63) is 63.9 Å². The van der Waals surface area contributed by atoms with E-state index in [9.17, 15) is 9.18 Å². The number of guanidine groups is 1. The van der Waals surface area contributed by atoms with Gasteiger partial charge in [0.05, 0.1) is 0 Å². The molecular weight excluding hydrogens is 399 g/mol. The number of rotatable bonds is 6. The van der Waals surface area contributed by atoms with Gasteiger partial charge in [-0.2, -0.15) is 0 Å². The fourth-order valence-electron chi connectivity index (χ4n) is 2.29. The SMILES string of the molecule is CN=C(NCCC(=O)Nc1cc(Br)ccc1C)NCc1cccc(F)c1. The molecule has 138 valence electrons. The van der Waals surface area contributed by atoms with Crippen LogP contribution in [-0.2, 0) is 11.3 Å². The molecule has 0 aliphatic heterocycles. The van der Waals surface area contributed by atoms with Gasteiger partial charge in [0.15, 0.2) is 5.96 Å². The highest BCUT2D eigenvalue weighted by Gasteiger charge is 2.06. The van der Waals surface area contributed by atoms with Crippen LogP contribution < -0.4 is 16.0 Å². The Morgan fingerprint density at radius 1 is 1.19 bits per heavy atom. The van der Waals surface area contributed by atoms with Crippen molar-refractivity contribution >= 4 is 33.5 Å². The largest absolute Gasteiger partial charge is 0.356 e. The van der Waals surface area contributed by atoms with E-state index >= 15 is 0 Å². The lowest BCUT2D eigenvalue weighted by Gasteiger charge is -2.13. The number of aliphatic imine (C=N–C) groups is 1. The molecule has 1 amide bonds. The van der Waals surface area contributed by atoms with E-state index < -0.39 is 0 Å². The van der Waals surface area contributed by atoms with Crippen molar-refractivity contribution in [3.8, 4) is 0 Å². The third kappa shape index (κ3) is 6.48. The maximum absolute atomic E-state index is 13.2. The van der Waals surface area contributed by atoms with E-state index in [1.54, 1.807) is 13.1 Å². The monoisotopic (exact) mass is 420 g/mol. The number of hydrogen-bond acceptors (Lipinski definition) is 2. The zero-order chi connectivity index (χ0) is 18.9. The van der Waals surface area contributed by atoms with E-state index in [1.165, 1.54) is 12.1 Å². The molecule has 2 rings (SSSR count). The van der Waals surface area contributed by atoms with Crippen molar-refractivity contribution in [3.63, 3.8) is 0 Å². The highest BCUT2D eigenvalue weighted by atomic mass is 79.9. The molecule has 5 nitrogen and oxygen atoms in total. The topological polar surface area (TPSA) is 65.5 Å². The molecule has 0 unspecified atom stereocenters. The molecule has 0 aliphatic carbocycles. The second-order valence-electron chi connectivity index (χ2n) is 5.74. The van der Waals surface area contributed by atoms with Gasteiger partial charge in [-0.3, -0.25) is 9.79 Å². The van der Waals surface area contributed by atoms with Crippen LogP contribution in [0.2, 0.25) is 0 Å². The minimum absolute atomic E-state index is 0.0840. The average molecular weight is 421 g/mol. The van der Waals surface area contributed by atoms with Gasteiger partial charge in [-0.15, -0.1) is 0 Å². The Morgan fingerprint density at radius 3 is 2.73 bits per heavy atom. The molecule has 7 heteroatoms. The van der Waals surface area contributed by atoms with Gasteiger partial charge in [-0.05, 0) is 42.3 Å². The van der Waals surface area contributed by atoms with Crippen molar-refractivity contribution < 1.29 is 9.18 Å². The standard InChI is InChI=1S/C19H22BrFN4O/c1-13-6-7-15(20)11-17(13)25-18(26)8-9-23-19(22-2)24-12-14-4-3-5-16(21)10-14/h3-7,10-11H,8-9,12H2,1-2H3,(H,25,26)(H2,22,23,24). The van der Waals surface area contributed by atoms with Gasteiger partial charge < -0.3 is 16.0 Å². The number of anilines is 1. The van der Waals surface area contributed by atoms with Crippen LogP contribution in [0.4, 0.5) is 10.1 Å². The summed E-state index contributed by atoms with van der Waals surface area (Å²) in [5, 5.41) is 9.06. The van der Waals surface area contributed by atoms with Gasteiger partial charge in [0.2, 0.25) is 5.91 Å². The molecule has 0 spiro atoms. The van der Waals surface area contributed by atoms with Crippen molar-refractivity contribution in [1.82, 2.24) is 10.6 Å². The summed E-state index contributed by atoms with van der Waals surface area (Å²) >= 11 is 3.40. The second kappa shape index (κ2) is 9.91. The number of aryl methyl sites for hydroxylation is 1. The zero-order valence-electron chi connectivity index (χ0n) is 14.8. The van der Waals surface area contributed by atoms with Crippen molar-refractivity contribution in [2.24, 2.45) is 4.99 Å². The average Bonchev–Trinajstić information content (AvgIpc) is 2.61. The van der Waals surface area contributed by atoms with Crippen molar-refractivity contribution in [2.45, 2.75) is 19.9 Å². The quantitative estimate of drug-likeness (QED) is 0.494. The molecule has 2 aromatic carbocycles. The summed E-state index contributed by atoms with van der Waals surface area (Å²) < 4.78 is 14.1. The molecule has 0 saturated heterocycles. The minimum atomic E-state index is -0.272. The molecule has 2 aromatic rings. The lowest BCUT2D eigenvalue weighted by atomic mass is 10.2. The molecule has 0 heterocycles. The molecule has 0 atom stereocenters. The predicted octanol–water partition coefficient (Wildman–Crippen LogP) is 3.59. The summed E-state index contributed by atoms with van der Waals surface area (Å²) in [5.41, 5.74) is 2.61. The van der Waals surface area contributed by atoms with Crippen LogP contribution >= 0.6 is 15.9 Å². The first-order chi connectivity index (χ1) is 12.5. The number of nitrogens with one attached hydrogen (secondary N) is 3. The van der Waals surface area contributed by atoms with E-state index in [4.69, 9.17) is 0 Å². The third-order valence-corrected chi connectivity index (χ3v) is 4.18.